The number of hydrogen-bond acceptors (Lipinski definition) is 4. The van der Waals surface area contributed by atoms with Crippen LogP contribution in [-0.4, -0.2) is 11.0 Å². The highest BCUT2D eigenvalue weighted by Gasteiger charge is 2.20. The van der Waals surface area contributed by atoms with E-state index in [1.54, 1.807) is 6.20 Å². The summed E-state index contributed by atoms with van der Waals surface area (Å²) in [4.78, 5) is 4.32. The molecule has 2 atom stereocenters. The molecule has 4 heteroatoms. The zero-order chi connectivity index (χ0) is 11.4. The van der Waals surface area contributed by atoms with Crippen LogP contribution in [0.1, 0.15) is 32.6 Å². The largest absolute Gasteiger partial charge is 0.367 e. The molecular formula is C12H20N4. The second-order valence-electron chi connectivity index (χ2n) is 4.59. The molecule has 16 heavy (non-hydrogen) atoms. The molecule has 1 aliphatic rings. The predicted octanol–water partition coefficient (Wildman–Crippen LogP) is 2.36. The molecule has 1 heterocycles. The Morgan fingerprint density at radius 1 is 1.31 bits per heavy atom. The van der Waals surface area contributed by atoms with Crippen molar-refractivity contribution in [2.75, 3.05) is 10.7 Å². The summed E-state index contributed by atoms with van der Waals surface area (Å²) in [5.74, 6) is 6.98. The highest BCUT2D eigenvalue weighted by Crippen LogP contribution is 2.26. The quantitative estimate of drug-likeness (QED) is 0.540. The fourth-order valence-electron chi connectivity index (χ4n) is 2.29. The molecule has 1 saturated carbocycles. The van der Waals surface area contributed by atoms with E-state index >= 15 is 0 Å². The molecule has 1 fully saturated rings. The molecule has 0 amide bonds. The van der Waals surface area contributed by atoms with E-state index in [1.165, 1.54) is 25.7 Å². The van der Waals surface area contributed by atoms with Crippen molar-refractivity contribution in [1.29, 1.82) is 0 Å². The summed E-state index contributed by atoms with van der Waals surface area (Å²) in [6, 6.07) is 4.47. The summed E-state index contributed by atoms with van der Waals surface area (Å²) in [5.41, 5.74) is 3.41. The van der Waals surface area contributed by atoms with Crippen molar-refractivity contribution < 1.29 is 0 Å². The van der Waals surface area contributed by atoms with Gasteiger partial charge in [-0.3, -0.25) is 5.84 Å². The Bertz CT molecular complexity index is 322. The molecule has 2 rings (SSSR count). The van der Waals surface area contributed by atoms with Crippen LogP contribution in [-0.2, 0) is 0 Å². The Hall–Kier alpha value is -1.29. The second-order valence-corrected chi connectivity index (χ2v) is 4.59. The number of aromatic nitrogens is 1. The topological polar surface area (TPSA) is 63.0 Å². The lowest BCUT2D eigenvalue weighted by molar-refractivity contribution is 0.349. The van der Waals surface area contributed by atoms with Crippen molar-refractivity contribution in [3.8, 4) is 0 Å². The van der Waals surface area contributed by atoms with Crippen molar-refractivity contribution in [2.24, 2.45) is 11.8 Å². The highest BCUT2D eigenvalue weighted by atomic mass is 15.2. The molecule has 0 saturated heterocycles. The van der Waals surface area contributed by atoms with Crippen LogP contribution in [0.25, 0.3) is 0 Å². The molecule has 0 aromatic carbocycles. The van der Waals surface area contributed by atoms with Crippen molar-refractivity contribution in [3.63, 3.8) is 0 Å². The standard InChI is InChI=1S/C12H20N4/c1-9-4-2-3-5-11(9)15-12-7-6-10(16-13)8-14-12/h6-9,11,16H,2-5,13H2,1H3,(H,14,15). The molecule has 0 aliphatic heterocycles. The van der Waals surface area contributed by atoms with Crippen molar-refractivity contribution in [3.05, 3.63) is 18.3 Å². The number of pyridine rings is 1. The fraction of sp³-hybridized carbons (Fsp3) is 0.583. The van der Waals surface area contributed by atoms with Crippen LogP contribution < -0.4 is 16.6 Å². The molecular weight excluding hydrogens is 200 g/mol. The third-order valence-corrected chi connectivity index (χ3v) is 3.37. The summed E-state index contributed by atoms with van der Waals surface area (Å²) in [5, 5.41) is 3.50. The SMILES string of the molecule is CC1CCCCC1Nc1ccc(NN)cn1. The van der Waals surface area contributed by atoms with Gasteiger partial charge in [0.05, 0.1) is 11.9 Å². The third-order valence-electron chi connectivity index (χ3n) is 3.37. The summed E-state index contributed by atoms with van der Waals surface area (Å²) in [6.07, 6.45) is 7.00. The first-order valence-electron chi connectivity index (χ1n) is 5.99. The average Bonchev–Trinajstić information content (AvgIpc) is 2.33. The van der Waals surface area contributed by atoms with E-state index in [-0.39, 0.29) is 0 Å². The van der Waals surface area contributed by atoms with E-state index in [9.17, 15) is 0 Å². The molecule has 1 aromatic rings. The molecule has 0 bridgehead atoms. The lowest BCUT2D eigenvalue weighted by Crippen LogP contribution is -2.30. The minimum atomic E-state index is 0.568. The minimum Gasteiger partial charge on any atom is -0.367 e. The maximum Gasteiger partial charge on any atom is 0.126 e. The van der Waals surface area contributed by atoms with Gasteiger partial charge >= 0.3 is 0 Å². The molecule has 4 nitrogen and oxygen atoms in total. The van der Waals surface area contributed by atoms with Crippen molar-refractivity contribution >= 4 is 11.5 Å². The predicted molar refractivity (Wildman–Crippen MR) is 67.1 cm³/mol. The van der Waals surface area contributed by atoms with E-state index < -0.39 is 0 Å². The van der Waals surface area contributed by atoms with Gasteiger partial charge in [0.25, 0.3) is 0 Å². The van der Waals surface area contributed by atoms with Gasteiger partial charge in [-0.05, 0) is 30.9 Å². The number of hydrogen-bond donors (Lipinski definition) is 3. The molecule has 0 radical (unpaired) electrons. The zero-order valence-corrected chi connectivity index (χ0v) is 9.74. The van der Waals surface area contributed by atoms with Crippen LogP contribution >= 0.6 is 0 Å². The van der Waals surface area contributed by atoms with E-state index in [0.29, 0.717) is 6.04 Å². The molecule has 2 unspecified atom stereocenters. The molecule has 0 spiro atoms. The third kappa shape index (κ3) is 2.64. The van der Waals surface area contributed by atoms with Gasteiger partial charge in [0.1, 0.15) is 5.82 Å². The van der Waals surface area contributed by atoms with E-state index in [2.05, 4.69) is 22.7 Å². The van der Waals surface area contributed by atoms with Gasteiger partial charge in [0.15, 0.2) is 0 Å². The highest BCUT2D eigenvalue weighted by molar-refractivity contribution is 5.46. The number of nitrogens with two attached hydrogens (primary N) is 1. The molecule has 4 N–H and O–H groups in total. The van der Waals surface area contributed by atoms with Gasteiger partial charge < -0.3 is 10.7 Å². The fourth-order valence-corrected chi connectivity index (χ4v) is 2.29. The number of nitrogens with zero attached hydrogens (tertiary/aromatic N) is 1. The van der Waals surface area contributed by atoms with Gasteiger partial charge in [-0.15, -0.1) is 0 Å². The van der Waals surface area contributed by atoms with E-state index in [4.69, 9.17) is 5.84 Å². The summed E-state index contributed by atoms with van der Waals surface area (Å²) < 4.78 is 0. The number of hydrazine groups is 1. The summed E-state index contributed by atoms with van der Waals surface area (Å²) in [6.45, 7) is 2.31. The Kier molecular flexibility index (Phi) is 3.62. The number of anilines is 2. The monoisotopic (exact) mass is 220 g/mol. The van der Waals surface area contributed by atoms with E-state index in [0.717, 1.165) is 17.4 Å². The Labute approximate surface area is 96.6 Å². The minimum absolute atomic E-state index is 0.568. The lowest BCUT2D eigenvalue weighted by atomic mass is 9.86. The van der Waals surface area contributed by atoms with Gasteiger partial charge in [-0.25, -0.2) is 4.98 Å². The van der Waals surface area contributed by atoms with Crippen LogP contribution in [0.15, 0.2) is 18.3 Å². The van der Waals surface area contributed by atoms with Crippen molar-refractivity contribution in [1.82, 2.24) is 4.98 Å². The molecule has 1 aromatic heterocycles. The van der Waals surface area contributed by atoms with Crippen LogP contribution in [0.5, 0.6) is 0 Å². The van der Waals surface area contributed by atoms with Crippen LogP contribution in [0.4, 0.5) is 11.5 Å². The smallest absolute Gasteiger partial charge is 0.126 e. The van der Waals surface area contributed by atoms with Crippen molar-refractivity contribution in [2.45, 2.75) is 38.6 Å². The Morgan fingerprint density at radius 2 is 2.12 bits per heavy atom. The van der Waals surface area contributed by atoms with Gasteiger partial charge in [0, 0.05) is 6.04 Å². The van der Waals surface area contributed by atoms with Crippen LogP contribution in [0.3, 0.4) is 0 Å². The van der Waals surface area contributed by atoms with Gasteiger partial charge in [-0.1, -0.05) is 19.8 Å². The summed E-state index contributed by atoms with van der Waals surface area (Å²) in [7, 11) is 0. The normalized spacial score (nSPS) is 25.1. The Balaban J connectivity index is 1.96. The maximum atomic E-state index is 5.30. The Morgan fingerprint density at radius 3 is 2.75 bits per heavy atom. The van der Waals surface area contributed by atoms with Crippen LogP contribution in [0.2, 0.25) is 0 Å². The first kappa shape index (κ1) is 11.2. The van der Waals surface area contributed by atoms with Crippen LogP contribution in [0, 0.1) is 5.92 Å². The lowest BCUT2D eigenvalue weighted by Gasteiger charge is -2.29. The molecule has 1 aliphatic carbocycles. The second kappa shape index (κ2) is 5.16. The number of nitrogen functional groups attached to an aromatic ring is 1. The van der Waals surface area contributed by atoms with E-state index in [1.807, 2.05) is 12.1 Å². The molecule has 88 valence electrons. The first-order chi connectivity index (χ1) is 7.79. The first-order valence-corrected chi connectivity index (χ1v) is 5.99. The van der Waals surface area contributed by atoms with Gasteiger partial charge in [-0.2, -0.15) is 0 Å². The summed E-state index contributed by atoms with van der Waals surface area (Å²) >= 11 is 0. The average molecular weight is 220 g/mol. The van der Waals surface area contributed by atoms with Gasteiger partial charge in [0.2, 0.25) is 0 Å². The zero-order valence-electron chi connectivity index (χ0n) is 9.74. The maximum absolute atomic E-state index is 5.30. The number of nitrogens with one attached hydrogen (secondary N) is 2. The number of rotatable bonds is 3.